The van der Waals surface area contributed by atoms with E-state index in [9.17, 15) is 9.46 Å². The standard InChI is InChI=1S/C46H78NO6P/c1-47(2,3)22-25-52-54(48,49)53-29-32(28-50-23-12-9-7-11-15-31-27-39-40(31)46-44-36-21-20-35(36)43(44)45(39)46)51-24-13-8-5-4-6-10-14-30-16-17-37-38(26-30)42-34-19-18-33(34)41(37)42/h30-46H,4-29H2,1-3H3/p+1/t30?,31?,32-,33?,34?,35?,36?,37?,38?,39?,40?,41?,42?,43?,44?,45?,46?/m1/s1. The van der Waals surface area contributed by atoms with Crippen LogP contribution < -0.4 is 0 Å². The molecule has 0 saturated heterocycles. The van der Waals surface area contributed by atoms with Gasteiger partial charge in [-0.1, -0.05) is 70.6 Å². The highest BCUT2D eigenvalue weighted by Crippen LogP contribution is 2.84. The molecule has 1 N–H and O–H groups in total. The number of hydrogen-bond donors (Lipinski definition) is 1. The molecule has 0 aromatic rings. The first-order valence-corrected chi connectivity index (χ1v) is 25.3. The second kappa shape index (κ2) is 16.6. The Hall–Kier alpha value is -0.0100. The number of likely N-dealkylation sites (N-methyl/N-ethyl adjacent to an activating group) is 1. The third kappa shape index (κ3) is 7.76. The van der Waals surface area contributed by atoms with Crippen molar-refractivity contribution in [2.75, 3.05) is 60.7 Å². The van der Waals surface area contributed by atoms with Gasteiger partial charge < -0.3 is 18.9 Å². The van der Waals surface area contributed by atoms with E-state index in [0.717, 1.165) is 48.3 Å². The number of quaternary nitrogens is 1. The average molecular weight is 773 g/mol. The maximum atomic E-state index is 12.6. The average Bonchev–Trinajstić information content (AvgIpc) is 3.09. The van der Waals surface area contributed by atoms with Crippen LogP contribution in [0.4, 0.5) is 0 Å². The van der Waals surface area contributed by atoms with Crippen LogP contribution in [0.3, 0.4) is 0 Å². The van der Waals surface area contributed by atoms with E-state index >= 15 is 0 Å². The van der Waals surface area contributed by atoms with Gasteiger partial charge in [-0.15, -0.1) is 0 Å². The van der Waals surface area contributed by atoms with Crippen LogP contribution in [-0.4, -0.2) is 76.2 Å². The van der Waals surface area contributed by atoms with Crippen molar-refractivity contribution in [1.82, 2.24) is 0 Å². The minimum Gasteiger partial charge on any atom is -0.379 e. The monoisotopic (exact) mass is 773 g/mol. The van der Waals surface area contributed by atoms with Crippen LogP contribution in [0.2, 0.25) is 0 Å². The Balaban J connectivity index is 0.606. The quantitative estimate of drug-likeness (QED) is 0.0409. The second-order valence-corrected chi connectivity index (χ2v) is 23.3. The molecule has 7 nitrogen and oxygen atoms in total. The van der Waals surface area contributed by atoms with Gasteiger partial charge in [0.25, 0.3) is 0 Å². The lowest BCUT2D eigenvalue weighted by atomic mass is 9.20. The molecule has 0 aromatic carbocycles. The van der Waals surface area contributed by atoms with E-state index in [0.29, 0.717) is 30.8 Å². The summed E-state index contributed by atoms with van der Waals surface area (Å²) in [5.41, 5.74) is 0. The summed E-state index contributed by atoms with van der Waals surface area (Å²) < 4.78 is 36.2. The van der Waals surface area contributed by atoms with Crippen molar-refractivity contribution in [1.29, 1.82) is 0 Å². The number of fused-ring (bicyclic) bond motifs is 17. The number of phosphoric acid groups is 1. The normalized spacial score (nSPS) is 44.4. The van der Waals surface area contributed by atoms with Gasteiger partial charge in [0.15, 0.2) is 0 Å². The zero-order chi connectivity index (χ0) is 37.0. The number of unbranched alkanes of at least 4 members (excludes halogenated alkanes) is 8. The Bertz CT molecular complexity index is 1290. The van der Waals surface area contributed by atoms with Crippen molar-refractivity contribution in [3.8, 4) is 0 Å². The van der Waals surface area contributed by atoms with Gasteiger partial charge in [0.1, 0.15) is 19.3 Å². The number of phosphoric ester groups is 1. The minimum atomic E-state index is -4.14. The molecule has 0 aliphatic heterocycles. The summed E-state index contributed by atoms with van der Waals surface area (Å²) in [6.45, 7) is 2.56. The molecule has 8 heteroatoms. The molecule has 0 spiro atoms. The van der Waals surface area contributed by atoms with E-state index < -0.39 is 7.82 Å². The zero-order valence-corrected chi connectivity index (χ0v) is 35.5. The van der Waals surface area contributed by atoms with Gasteiger partial charge in [0, 0.05) is 13.2 Å². The number of ether oxygens (including phenoxy) is 2. The van der Waals surface area contributed by atoms with Crippen molar-refractivity contribution in [3.63, 3.8) is 0 Å². The Morgan fingerprint density at radius 3 is 1.85 bits per heavy atom. The molecule has 54 heavy (non-hydrogen) atoms. The molecular weight excluding hydrogens is 693 g/mol. The lowest BCUT2D eigenvalue weighted by Gasteiger charge is -2.85. The third-order valence-electron chi connectivity index (χ3n) is 18.3. The molecule has 0 bridgehead atoms. The highest BCUT2D eigenvalue weighted by molar-refractivity contribution is 7.47. The Morgan fingerprint density at radius 1 is 0.556 bits per heavy atom. The minimum absolute atomic E-state index is 0.0119. The van der Waals surface area contributed by atoms with Crippen LogP contribution in [0.25, 0.3) is 0 Å². The number of nitrogens with zero attached hydrogens (tertiary/aromatic N) is 1. The highest BCUT2D eigenvalue weighted by Gasteiger charge is 2.79. The van der Waals surface area contributed by atoms with Crippen LogP contribution >= 0.6 is 7.82 Å². The van der Waals surface area contributed by atoms with Gasteiger partial charge in [-0.25, -0.2) is 4.57 Å². The largest absolute Gasteiger partial charge is 0.472 e. The lowest BCUT2D eigenvalue weighted by molar-refractivity contribution is -0.870. The fourth-order valence-electron chi connectivity index (χ4n) is 15.4. The fraction of sp³-hybridized carbons (Fsp3) is 1.00. The summed E-state index contributed by atoms with van der Waals surface area (Å²) in [6, 6.07) is 0. The summed E-state index contributed by atoms with van der Waals surface area (Å²) in [6.07, 6.45) is 27.6. The van der Waals surface area contributed by atoms with Crippen molar-refractivity contribution >= 4 is 7.82 Å². The van der Waals surface area contributed by atoms with Crippen molar-refractivity contribution in [2.45, 2.75) is 135 Å². The molecule has 0 radical (unpaired) electrons. The van der Waals surface area contributed by atoms with E-state index in [1.807, 2.05) is 21.1 Å². The molecule has 0 aromatic heterocycles. The van der Waals surface area contributed by atoms with E-state index in [-0.39, 0.29) is 19.3 Å². The Morgan fingerprint density at radius 2 is 1.13 bits per heavy atom. The molecule has 9 rings (SSSR count). The first-order chi connectivity index (χ1) is 26.2. The van der Waals surface area contributed by atoms with Gasteiger partial charge >= 0.3 is 7.82 Å². The van der Waals surface area contributed by atoms with Gasteiger partial charge in [-0.3, -0.25) is 9.05 Å². The second-order valence-electron chi connectivity index (χ2n) is 21.8. The topological polar surface area (TPSA) is 74.2 Å². The van der Waals surface area contributed by atoms with E-state index in [1.54, 1.807) is 44.9 Å². The predicted molar refractivity (Wildman–Crippen MR) is 213 cm³/mol. The molecule has 18 atom stereocenters. The molecule has 17 unspecified atom stereocenters. The van der Waals surface area contributed by atoms with Gasteiger partial charge in [0.2, 0.25) is 0 Å². The molecule has 9 aliphatic carbocycles. The first kappa shape index (κ1) is 39.5. The van der Waals surface area contributed by atoms with Crippen molar-refractivity contribution in [2.24, 2.45) is 94.7 Å². The maximum absolute atomic E-state index is 12.6. The summed E-state index contributed by atoms with van der Waals surface area (Å²) in [4.78, 5) is 10.3. The Kier molecular flexibility index (Phi) is 12.1. The van der Waals surface area contributed by atoms with Crippen molar-refractivity contribution < 1.29 is 32.5 Å². The van der Waals surface area contributed by atoms with E-state index in [1.165, 1.54) is 130 Å². The molecule has 308 valence electrons. The smallest absolute Gasteiger partial charge is 0.379 e. The predicted octanol–water partition coefficient (Wildman–Crippen LogP) is 10.0. The summed E-state index contributed by atoms with van der Waals surface area (Å²) in [5.74, 6) is 18.4. The van der Waals surface area contributed by atoms with E-state index in [2.05, 4.69) is 0 Å². The maximum Gasteiger partial charge on any atom is 0.472 e. The summed E-state index contributed by atoms with van der Waals surface area (Å²) >= 11 is 0. The van der Waals surface area contributed by atoms with Crippen LogP contribution in [0.5, 0.6) is 0 Å². The van der Waals surface area contributed by atoms with Gasteiger partial charge in [-0.05, 0) is 152 Å². The third-order valence-corrected chi connectivity index (χ3v) is 19.3. The van der Waals surface area contributed by atoms with Crippen LogP contribution in [0.15, 0.2) is 0 Å². The number of hydrogen-bond acceptors (Lipinski definition) is 5. The molecule has 0 heterocycles. The molecule has 9 aliphatic rings. The van der Waals surface area contributed by atoms with Crippen LogP contribution in [0.1, 0.15) is 128 Å². The summed E-state index contributed by atoms with van der Waals surface area (Å²) in [5, 5.41) is 0. The SMILES string of the molecule is C[N+](C)(C)CCOP(=O)(O)OC[C@@H](COCCCCCCC1CC2C1C1C3C4CCC4C3C21)OCCCCCCCCC1CCC2C(C1)C1C3CCC3C21. The lowest BCUT2D eigenvalue weighted by Crippen LogP contribution is -2.80. The van der Waals surface area contributed by atoms with Crippen molar-refractivity contribution in [3.05, 3.63) is 0 Å². The molecule has 0 amide bonds. The molecule has 9 fully saturated rings. The Labute approximate surface area is 329 Å². The zero-order valence-electron chi connectivity index (χ0n) is 34.6. The highest BCUT2D eigenvalue weighted by atomic mass is 31.2. The first-order valence-electron chi connectivity index (χ1n) is 23.8. The number of rotatable bonds is 26. The van der Waals surface area contributed by atoms with E-state index in [4.69, 9.17) is 18.5 Å². The fourth-order valence-corrected chi connectivity index (χ4v) is 16.2. The summed E-state index contributed by atoms with van der Waals surface area (Å²) in [7, 11) is 1.96. The molecular formula is C46H79NO6P+. The van der Waals surface area contributed by atoms with Gasteiger partial charge in [-0.2, -0.15) is 0 Å². The van der Waals surface area contributed by atoms with Gasteiger partial charge in [0.05, 0.1) is 34.4 Å². The molecule has 9 saturated carbocycles. The van der Waals surface area contributed by atoms with Crippen LogP contribution in [-0.2, 0) is 23.1 Å². The van der Waals surface area contributed by atoms with Crippen LogP contribution in [0, 0.1) is 94.7 Å².